The number of thiophene rings is 1. The van der Waals surface area contributed by atoms with Crippen molar-refractivity contribution in [2.24, 2.45) is 0 Å². The van der Waals surface area contributed by atoms with Crippen LogP contribution in [0.4, 0.5) is 0 Å². The second-order valence-electron chi connectivity index (χ2n) is 4.19. The second kappa shape index (κ2) is 9.42. The van der Waals surface area contributed by atoms with Gasteiger partial charge >= 0.3 is 5.97 Å². The topological polar surface area (TPSA) is 49.3 Å². The third-order valence-corrected chi connectivity index (χ3v) is 4.29. The Hall–Kier alpha value is -0.520. The van der Waals surface area contributed by atoms with Crippen LogP contribution in [0.2, 0.25) is 0 Å². The maximum atomic E-state index is 10.7. The molecule has 0 saturated heterocycles. The molecule has 0 spiro atoms. The summed E-state index contributed by atoms with van der Waals surface area (Å²) in [4.78, 5) is 11.8. The van der Waals surface area contributed by atoms with E-state index < -0.39 is 5.97 Å². The summed E-state index contributed by atoms with van der Waals surface area (Å²) in [6.45, 7) is 1.79. The molecule has 0 radical (unpaired) electrons. The molecule has 2 N–H and O–H groups in total. The molecular weight excluding hydrogens is 266 g/mol. The SMILES string of the molecule is CSCCCCCCNCc1cc(C(=O)O)cs1. The Bertz CT molecular complexity index is 353. The van der Waals surface area contributed by atoms with E-state index in [1.165, 1.54) is 42.8 Å². The van der Waals surface area contributed by atoms with Gasteiger partial charge in [0.25, 0.3) is 0 Å². The molecule has 0 atom stereocenters. The molecular formula is C13H21NO2S2. The third kappa shape index (κ3) is 6.42. The number of hydrogen-bond acceptors (Lipinski definition) is 4. The summed E-state index contributed by atoms with van der Waals surface area (Å²) in [7, 11) is 0. The lowest BCUT2D eigenvalue weighted by atomic mass is 10.2. The number of rotatable bonds is 10. The molecule has 1 heterocycles. The minimum absolute atomic E-state index is 0.397. The van der Waals surface area contributed by atoms with Gasteiger partial charge in [0.2, 0.25) is 0 Å². The summed E-state index contributed by atoms with van der Waals surface area (Å²) in [6, 6.07) is 1.75. The van der Waals surface area contributed by atoms with Gasteiger partial charge in [0.05, 0.1) is 5.56 Å². The van der Waals surface area contributed by atoms with E-state index in [1.54, 1.807) is 11.4 Å². The number of carboxylic acids is 1. The first-order valence-electron chi connectivity index (χ1n) is 6.24. The number of carboxylic acid groups (broad SMARTS) is 1. The predicted molar refractivity (Wildman–Crippen MR) is 79.8 cm³/mol. The van der Waals surface area contributed by atoms with Gasteiger partial charge in [-0.1, -0.05) is 12.8 Å². The van der Waals surface area contributed by atoms with Gasteiger partial charge < -0.3 is 10.4 Å². The van der Waals surface area contributed by atoms with Crippen molar-refractivity contribution in [2.75, 3.05) is 18.6 Å². The monoisotopic (exact) mass is 287 g/mol. The second-order valence-corrected chi connectivity index (χ2v) is 6.17. The summed E-state index contributed by atoms with van der Waals surface area (Å²) in [5, 5.41) is 13.8. The zero-order chi connectivity index (χ0) is 13.2. The minimum Gasteiger partial charge on any atom is -0.478 e. The van der Waals surface area contributed by atoms with Crippen LogP contribution < -0.4 is 5.32 Å². The zero-order valence-corrected chi connectivity index (χ0v) is 12.4. The highest BCUT2D eigenvalue weighted by Crippen LogP contribution is 2.14. The summed E-state index contributed by atoms with van der Waals surface area (Å²) in [6.07, 6.45) is 7.25. The van der Waals surface area contributed by atoms with Gasteiger partial charge in [-0.3, -0.25) is 0 Å². The third-order valence-electron chi connectivity index (χ3n) is 2.65. The molecule has 0 bridgehead atoms. The van der Waals surface area contributed by atoms with Gasteiger partial charge in [0, 0.05) is 16.8 Å². The van der Waals surface area contributed by atoms with E-state index >= 15 is 0 Å². The first kappa shape index (κ1) is 15.5. The molecule has 3 nitrogen and oxygen atoms in total. The Morgan fingerprint density at radius 2 is 2.17 bits per heavy atom. The normalized spacial score (nSPS) is 10.7. The molecule has 102 valence electrons. The van der Waals surface area contributed by atoms with Crippen LogP contribution in [0.25, 0.3) is 0 Å². The average Bonchev–Trinajstić information content (AvgIpc) is 2.81. The standard InChI is InChI=1S/C13H21NO2S2/c1-17-7-5-3-2-4-6-14-9-12-8-11(10-18-12)13(15)16/h8,10,14H,2-7,9H2,1H3,(H,15,16). The largest absolute Gasteiger partial charge is 0.478 e. The molecule has 18 heavy (non-hydrogen) atoms. The van der Waals surface area contributed by atoms with Crippen molar-refractivity contribution in [2.45, 2.75) is 32.2 Å². The fourth-order valence-electron chi connectivity index (χ4n) is 1.65. The number of nitrogens with one attached hydrogen (secondary N) is 1. The summed E-state index contributed by atoms with van der Waals surface area (Å²) in [5.41, 5.74) is 0.397. The van der Waals surface area contributed by atoms with Crippen LogP contribution in [-0.2, 0) is 6.54 Å². The van der Waals surface area contributed by atoms with Crippen molar-refractivity contribution in [3.05, 3.63) is 21.9 Å². The number of unbranched alkanes of at least 4 members (excludes halogenated alkanes) is 3. The van der Waals surface area contributed by atoms with Crippen LogP contribution in [0, 0.1) is 0 Å². The van der Waals surface area contributed by atoms with E-state index in [0.29, 0.717) is 5.56 Å². The fraction of sp³-hybridized carbons (Fsp3) is 0.615. The summed E-state index contributed by atoms with van der Waals surface area (Å²) < 4.78 is 0. The van der Waals surface area contributed by atoms with E-state index in [4.69, 9.17) is 5.11 Å². The Labute approximate surface area is 117 Å². The van der Waals surface area contributed by atoms with Crippen molar-refractivity contribution < 1.29 is 9.90 Å². The highest BCUT2D eigenvalue weighted by atomic mass is 32.2. The molecule has 1 aromatic rings. The highest BCUT2D eigenvalue weighted by molar-refractivity contribution is 7.98. The average molecular weight is 287 g/mol. The zero-order valence-electron chi connectivity index (χ0n) is 10.8. The fourth-order valence-corrected chi connectivity index (χ4v) is 2.97. The van der Waals surface area contributed by atoms with Crippen molar-refractivity contribution in [3.63, 3.8) is 0 Å². The molecule has 0 amide bonds. The number of carbonyl (C=O) groups is 1. The van der Waals surface area contributed by atoms with Crippen LogP contribution >= 0.6 is 23.1 Å². The lowest BCUT2D eigenvalue weighted by Gasteiger charge is -2.03. The number of aromatic carboxylic acids is 1. The molecule has 0 aliphatic heterocycles. The van der Waals surface area contributed by atoms with Gasteiger partial charge in [0.1, 0.15) is 0 Å². The maximum Gasteiger partial charge on any atom is 0.336 e. The first-order chi connectivity index (χ1) is 8.74. The summed E-state index contributed by atoms with van der Waals surface area (Å²) in [5.74, 6) is 0.423. The van der Waals surface area contributed by atoms with Crippen LogP contribution in [0.3, 0.4) is 0 Å². The molecule has 1 rings (SSSR count). The van der Waals surface area contributed by atoms with Gasteiger partial charge in [0.15, 0.2) is 0 Å². The van der Waals surface area contributed by atoms with E-state index in [1.807, 2.05) is 11.8 Å². The summed E-state index contributed by atoms with van der Waals surface area (Å²) >= 11 is 3.42. The van der Waals surface area contributed by atoms with Crippen molar-refractivity contribution >= 4 is 29.1 Å². The molecule has 0 unspecified atom stereocenters. The quantitative estimate of drug-likeness (QED) is 0.647. The smallest absolute Gasteiger partial charge is 0.336 e. The molecule has 1 aromatic heterocycles. The molecule has 0 aliphatic carbocycles. The lowest BCUT2D eigenvalue weighted by Crippen LogP contribution is -2.13. The molecule has 5 heteroatoms. The van der Waals surface area contributed by atoms with E-state index in [2.05, 4.69) is 11.6 Å². The predicted octanol–water partition coefficient (Wildman–Crippen LogP) is 3.46. The maximum absolute atomic E-state index is 10.7. The van der Waals surface area contributed by atoms with Crippen LogP contribution in [0.5, 0.6) is 0 Å². The van der Waals surface area contributed by atoms with Gasteiger partial charge in [-0.15, -0.1) is 11.3 Å². The Kier molecular flexibility index (Phi) is 8.13. The van der Waals surface area contributed by atoms with Crippen molar-refractivity contribution in [1.29, 1.82) is 0 Å². The van der Waals surface area contributed by atoms with Gasteiger partial charge in [-0.05, 0) is 37.5 Å². The molecule has 0 fully saturated rings. The van der Waals surface area contributed by atoms with Gasteiger partial charge in [-0.25, -0.2) is 4.79 Å². The lowest BCUT2D eigenvalue weighted by molar-refractivity contribution is 0.0697. The van der Waals surface area contributed by atoms with Crippen LogP contribution in [0.15, 0.2) is 11.4 Å². The minimum atomic E-state index is -0.841. The Balaban J connectivity index is 2.02. The van der Waals surface area contributed by atoms with E-state index in [-0.39, 0.29) is 0 Å². The van der Waals surface area contributed by atoms with E-state index in [0.717, 1.165) is 18.0 Å². The molecule has 0 saturated carbocycles. The Morgan fingerprint density at radius 1 is 1.39 bits per heavy atom. The van der Waals surface area contributed by atoms with Crippen LogP contribution in [-0.4, -0.2) is 29.6 Å². The molecule has 0 aromatic carbocycles. The number of thioether (sulfide) groups is 1. The van der Waals surface area contributed by atoms with E-state index in [9.17, 15) is 4.79 Å². The first-order valence-corrected chi connectivity index (χ1v) is 8.51. The van der Waals surface area contributed by atoms with Gasteiger partial charge in [-0.2, -0.15) is 11.8 Å². The Morgan fingerprint density at radius 3 is 2.83 bits per heavy atom. The highest BCUT2D eigenvalue weighted by Gasteiger charge is 2.05. The number of hydrogen-bond donors (Lipinski definition) is 2. The van der Waals surface area contributed by atoms with Crippen LogP contribution in [0.1, 0.15) is 40.9 Å². The molecule has 0 aliphatic rings. The van der Waals surface area contributed by atoms with Crippen molar-refractivity contribution in [3.8, 4) is 0 Å². The van der Waals surface area contributed by atoms with Crippen molar-refractivity contribution in [1.82, 2.24) is 5.32 Å².